The predicted molar refractivity (Wildman–Crippen MR) is 161 cm³/mol. The van der Waals surface area contributed by atoms with Crippen LogP contribution in [-0.2, 0) is 28.4 Å². The maximum absolute atomic E-state index is 10.8. The van der Waals surface area contributed by atoms with Gasteiger partial charge in [-0.2, -0.15) is 0 Å². The molecule has 0 bridgehead atoms. The summed E-state index contributed by atoms with van der Waals surface area (Å²) in [6.45, 7) is -2.83. The number of ether oxygens (including phenoxy) is 6. The lowest BCUT2D eigenvalue weighted by atomic mass is 9.89. The highest BCUT2D eigenvalue weighted by molar-refractivity contribution is 5.30. The lowest BCUT2D eigenvalue weighted by molar-refractivity contribution is -0.329. The van der Waals surface area contributed by atoms with Gasteiger partial charge in [-0.25, -0.2) is 0 Å². The monoisotopic (exact) mass is 714 g/mol. The molecule has 0 spiro atoms. The van der Waals surface area contributed by atoms with E-state index < -0.39 is 149 Å². The average Bonchev–Trinajstić information content (AvgIpc) is 3.12. The van der Waals surface area contributed by atoms with Crippen molar-refractivity contribution >= 4 is 0 Å². The summed E-state index contributed by atoms with van der Waals surface area (Å²) in [6, 6.07) is 0. The highest BCUT2D eigenvalue weighted by Gasteiger charge is 2.52. The smallest absolute Gasteiger partial charge is 0.187 e. The number of aliphatic hydroxyl groups excluding tert-OH is 12. The minimum atomic E-state index is -1.82. The molecule has 50 heavy (non-hydrogen) atoms. The molecule has 0 aliphatic carbocycles. The summed E-state index contributed by atoms with van der Waals surface area (Å²) in [7, 11) is 0. The van der Waals surface area contributed by atoms with Gasteiger partial charge in [-0.05, 0) is 11.8 Å². The van der Waals surface area contributed by atoms with Crippen molar-refractivity contribution in [3.05, 3.63) is 0 Å². The lowest BCUT2D eigenvalue weighted by Crippen LogP contribution is -2.63. The van der Waals surface area contributed by atoms with Crippen molar-refractivity contribution < 1.29 is 89.7 Å². The minimum Gasteiger partial charge on any atom is -0.394 e. The van der Waals surface area contributed by atoms with Crippen LogP contribution in [0.25, 0.3) is 0 Å². The van der Waals surface area contributed by atoms with Gasteiger partial charge in [0.05, 0.1) is 38.3 Å². The van der Waals surface area contributed by atoms with Crippen LogP contribution in [0, 0.1) is 60.2 Å². The van der Waals surface area contributed by atoms with Gasteiger partial charge in [0.2, 0.25) is 0 Å². The Morgan fingerprint density at radius 2 is 0.860 bits per heavy atom. The fraction of sp³-hybridized carbons (Fsp3) is 0.750. The number of terminal acetylenes is 2. The molecule has 4 aliphatic rings. The van der Waals surface area contributed by atoms with Gasteiger partial charge in [-0.3, -0.25) is 0 Å². The van der Waals surface area contributed by atoms with E-state index in [0.717, 1.165) is 0 Å². The molecule has 0 aromatic heterocycles. The topological polar surface area (TPSA) is 298 Å². The highest BCUT2D eigenvalue weighted by Crippen LogP contribution is 2.33. The standard InChI is InChI=1S/C32H42O18/c1-3-13-17(9-33)47-31(27(43)21(13)37)50-30-20(12-36)46-16(24(40)26(30)42)8-6-5-7-14-18(10-34)48-32(28(44)22(14)38)49-29-19(11-35)45-15(4-2)23(39)25(29)41/h1-2,13-44H,9-12H2/t13-,14-,15+,16+,17-,18-,19-,20-,21+,22+,23+,24+,25-,26-,27-,28-,29-,30-,31+,32+/m1/s1. The van der Waals surface area contributed by atoms with E-state index in [2.05, 4.69) is 35.5 Å². The van der Waals surface area contributed by atoms with E-state index in [4.69, 9.17) is 41.3 Å². The van der Waals surface area contributed by atoms with Gasteiger partial charge in [0.25, 0.3) is 0 Å². The maximum Gasteiger partial charge on any atom is 0.187 e. The Hall–Kier alpha value is -2.48. The molecule has 4 saturated heterocycles. The first-order chi connectivity index (χ1) is 23.9. The third-order valence-corrected chi connectivity index (χ3v) is 8.96. The molecule has 0 saturated carbocycles. The van der Waals surface area contributed by atoms with Crippen LogP contribution in [0.15, 0.2) is 0 Å². The van der Waals surface area contributed by atoms with Gasteiger partial charge in [0.15, 0.2) is 12.6 Å². The van der Waals surface area contributed by atoms with Crippen molar-refractivity contribution in [1.29, 1.82) is 0 Å². The van der Waals surface area contributed by atoms with Crippen LogP contribution in [0.5, 0.6) is 0 Å². The van der Waals surface area contributed by atoms with Gasteiger partial charge in [-0.1, -0.05) is 23.7 Å². The fourth-order valence-corrected chi connectivity index (χ4v) is 6.09. The van der Waals surface area contributed by atoms with E-state index in [1.807, 2.05) is 0 Å². The zero-order chi connectivity index (χ0) is 36.9. The van der Waals surface area contributed by atoms with E-state index in [1.54, 1.807) is 0 Å². The SMILES string of the molecule is C#C[C@H]1[C@H](O)[C@@H](O)[C@H](O[C@H]2[C@H](O)[C@@H](O)[C@H](C#CC#C[C@H]3[C@H](O)[C@@H](O)[C@H](O[C@H]4[C@H](O)[C@@H](O)[C@H](C#C)O[C@@H]4CO)O[C@@H]3CO)O[C@@H]2CO)O[C@@H]1CO. The van der Waals surface area contributed by atoms with Crippen LogP contribution in [0.3, 0.4) is 0 Å². The first-order valence-electron chi connectivity index (χ1n) is 15.6. The normalized spacial score (nSPS) is 47.8. The first kappa shape index (κ1) is 40.3. The largest absolute Gasteiger partial charge is 0.394 e. The Morgan fingerprint density at radius 3 is 1.32 bits per heavy atom. The molecular weight excluding hydrogens is 672 g/mol. The van der Waals surface area contributed by atoms with E-state index in [0.29, 0.717) is 0 Å². The predicted octanol–water partition coefficient (Wildman–Crippen LogP) is -7.90. The number of aliphatic hydroxyl groups is 12. The molecule has 4 rings (SSSR count). The van der Waals surface area contributed by atoms with Crippen LogP contribution >= 0.6 is 0 Å². The van der Waals surface area contributed by atoms with Crippen LogP contribution in [0.2, 0.25) is 0 Å². The van der Waals surface area contributed by atoms with Crippen LogP contribution in [0.4, 0.5) is 0 Å². The van der Waals surface area contributed by atoms with Crippen LogP contribution in [0.1, 0.15) is 0 Å². The Balaban J connectivity index is 1.41. The molecule has 18 heteroatoms. The second-order valence-corrected chi connectivity index (χ2v) is 12.1. The second kappa shape index (κ2) is 17.8. The molecular formula is C32H42O18. The van der Waals surface area contributed by atoms with Gasteiger partial charge in [0.1, 0.15) is 97.7 Å². The third-order valence-electron chi connectivity index (χ3n) is 8.96. The zero-order valence-corrected chi connectivity index (χ0v) is 26.3. The molecule has 12 N–H and O–H groups in total. The third kappa shape index (κ3) is 8.26. The van der Waals surface area contributed by atoms with Crippen molar-refractivity contribution in [2.75, 3.05) is 26.4 Å². The Morgan fingerprint density at radius 1 is 0.440 bits per heavy atom. The van der Waals surface area contributed by atoms with Gasteiger partial charge in [0, 0.05) is 0 Å². The number of rotatable bonds is 8. The molecule has 0 radical (unpaired) electrons. The second-order valence-electron chi connectivity index (χ2n) is 12.1. The van der Waals surface area contributed by atoms with Crippen LogP contribution in [-0.4, -0.2) is 198 Å². The Labute approximate surface area is 286 Å². The Kier molecular flexibility index (Phi) is 14.4. The van der Waals surface area contributed by atoms with E-state index in [9.17, 15) is 61.3 Å². The molecule has 0 amide bonds. The van der Waals surface area contributed by atoms with Gasteiger partial charge >= 0.3 is 0 Å². The molecule has 4 fully saturated rings. The zero-order valence-electron chi connectivity index (χ0n) is 26.3. The molecule has 4 heterocycles. The fourth-order valence-electron chi connectivity index (χ4n) is 6.09. The van der Waals surface area contributed by atoms with E-state index in [-0.39, 0.29) is 0 Å². The molecule has 0 unspecified atom stereocenters. The van der Waals surface area contributed by atoms with E-state index in [1.165, 1.54) is 0 Å². The quantitative estimate of drug-likeness (QED) is 0.104. The molecule has 278 valence electrons. The summed E-state index contributed by atoms with van der Waals surface area (Å²) < 4.78 is 33.1. The van der Waals surface area contributed by atoms with Crippen molar-refractivity contribution in [2.45, 2.75) is 110 Å². The molecule has 0 aromatic carbocycles. The van der Waals surface area contributed by atoms with Crippen molar-refractivity contribution in [3.63, 3.8) is 0 Å². The maximum atomic E-state index is 10.8. The average molecular weight is 715 g/mol. The summed E-state index contributed by atoms with van der Waals surface area (Å²) >= 11 is 0. The summed E-state index contributed by atoms with van der Waals surface area (Å²) in [6.07, 6.45) is -17.1. The van der Waals surface area contributed by atoms with E-state index >= 15 is 0 Å². The molecule has 20 atom stereocenters. The summed E-state index contributed by atoms with van der Waals surface area (Å²) in [4.78, 5) is 0. The molecule has 0 aromatic rings. The lowest BCUT2D eigenvalue weighted by Gasteiger charge is -2.45. The number of hydrogen-bond acceptors (Lipinski definition) is 18. The molecule has 18 nitrogen and oxygen atoms in total. The summed E-state index contributed by atoms with van der Waals surface area (Å²) in [5.41, 5.74) is 0. The first-order valence-corrected chi connectivity index (χ1v) is 15.6. The van der Waals surface area contributed by atoms with Crippen molar-refractivity contribution in [2.24, 2.45) is 11.8 Å². The van der Waals surface area contributed by atoms with Gasteiger partial charge in [-0.15, -0.1) is 12.8 Å². The number of hydrogen-bond donors (Lipinski definition) is 12. The minimum absolute atomic E-state index is 0.631. The van der Waals surface area contributed by atoms with Crippen LogP contribution < -0.4 is 0 Å². The Bertz CT molecular complexity index is 1320. The van der Waals surface area contributed by atoms with Crippen molar-refractivity contribution in [1.82, 2.24) is 0 Å². The summed E-state index contributed by atoms with van der Waals surface area (Å²) in [5.74, 6) is 11.7. The summed E-state index contributed by atoms with van der Waals surface area (Å²) in [5, 5.41) is 124. The highest BCUT2D eigenvalue weighted by atomic mass is 16.7. The van der Waals surface area contributed by atoms with Gasteiger partial charge < -0.3 is 89.7 Å². The molecule has 4 aliphatic heterocycles. The van der Waals surface area contributed by atoms with Crippen molar-refractivity contribution in [3.8, 4) is 48.4 Å².